The number of fused-ring (bicyclic) bond motifs is 1. The highest BCUT2D eigenvalue weighted by Crippen LogP contribution is 2.29. The van der Waals surface area contributed by atoms with Crippen molar-refractivity contribution < 1.29 is 9.59 Å². The molecule has 6 heteroatoms. The maximum Gasteiger partial charge on any atom is 0.227 e. The SMILES string of the molecule is O=Cc1ccc(N2CCC(C(=O)Nc3ccccc3-c3nc4ccccc4[nH]3)CC2)cc1. The summed E-state index contributed by atoms with van der Waals surface area (Å²) in [6.07, 6.45) is 2.42. The monoisotopic (exact) mass is 424 g/mol. The van der Waals surface area contributed by atoms with Gasteiger partial charge in [0.2, 0.25) is 5.91 Å². The van der Waals surface area contributed by atoms with Crippen LogP contribution in [0.25, 0.3) is 22.4 Å². The number of benzene rings is 3. The standard InChI is InChI=1S/C26H24N4O2/c31-17-18-9-11-20(12-10-18)30-15-13-19(14-16-30)26(32)29-22-6-2-1-5-21(22)25-27-23-7-3-4-8-24(23)28-25/h1-12,17,19H,13-16H2,(H,27,28)(H,29,32). The molecule has 0 aliphatic carbocycles. The zero-order valence-corrected chi connectivity index (χ0v) is 17.6. The Morgan fingerprint density at radius 3 is 2.44 bits per heavy atom. The van der Waals surface area contributed by atoms with Crippen molar-refractivity contribution in [2.24, 2.45) is 5.92 Å². The Morgan fingerprint density at radius 2 is 1.69 bits per heavy atom. The van der Waals surface area contributed by atoms with Crippen LogP contribution in [0.4, 0.5) is 11.4 Å². The van der Waals surface area contributed by atoms with Crippen molar-refractivity contribution in [3.8, 4) is 11.4 Å². The van der Waals surface area contributed by atoms with Gasteiger partial charge >= 0.3 is 0 Å². The van der Waals surface area contributed by atoms with Crippen LogP contribution in [0.15, 0.2) is 72.8 Å². The fourth-order valence-electron chi connectivity index (χ4n) is 4.28. The summed E-state index contributed by atoms with van der Waals surface area (Å²) in [6.45, 7) is 1.62. The lowest BCUT2D eigenvalue weighted by Gasteiger charge is -2.33. The van der Waals surface area contributed by atoms with Crippen LogP contribution in [0, 0.1) is 5.92 Å². The Hall–Kier alpha value is -3.93. The number of nitrogens with one attached hydrogen (secondary N) is 2. The average molecular weight is 425 g/mol. The van der Waals surface area contributed by atoms with E-state index in [4.69, 9.17) is 0 Å². The molecule has 1 saturated heterocycles. The molecule has 2 N–H and O–H groups in total. The molecule has 0 spiro atoms. The summed E-state index contributed by atoms with van der Waals surface area (Å²) in [5, 5.41) is 3.14. The fourth-order valence-corrected chi connectivity index (χ4v) is 4.28. The number of amides is 1. The molecule has 0 radical (unpaired) electrons. The number of aromatic nitrogens is 2. The number of aldehydes is 1. The topological polar surface area (TPSA) is 78.1 Å². The van der Waals surface area contributed by atoms with Gasteiger partial charge in [-0.05, 0) is 61.4 Å². The van der Waals surface area contributed by atoms with Crippen molar-refractivity contribution in [2.75, 3.05) is 23.3 Å². The first kappa shape index (κ1) is 20.0. The first-order chi connectivity index (χ1) is 15.7. The van der Waals surface area contributed by atoms with E-state index in [-0.39, 0.29) is 11.8 Å². The van der Waals surface area contributed by atoms with Gasteiger partial charge in [0.15, 0.2) is 0 Å². The molecule has 1 fully saturated rings. The number of H-pyrrole nitrogens is 1. The number of carbonyl (C=O) groups is 2. The van der Waals surface area contributed by atoms with Gasteiger partial charge in [-0.1, -0.05) is 24.3 Å². The molecule has 0 atom stereocenters. The number of imidazole rings is 1. The minimum absolute atomic E-state index is 0.0378. The third-order valence-corrected chi connectivity index (χ3v) is 6.09. The average Bonchev–Trinajstić information content (AvgIpc) is 3.29. The third kappa shape index (κ3) is 3.99. The molecule has 32 heavy (non-hydrogen) atoms. The number of aromatic amines is 1. The van der Waals surface area contributed by atoms with Crippen LogP contribution in [0.5, 0.6) is 0 Å². The van der Waals surface area contributed by atoms with Gasteiger partial charge in [0.25, 0.3) is 0 Å². The first-order valence-corrected chi connectivity index (χ1v) is 10.9. The highest BCUT2D eigenvalue weighted by molar-refractivity contribution is 5.97. The summed E-state index contributed by atoms with van der Waals surface area (Å²) in [5.74, 6) is 0.754. The van der Waals surface area contributed by atoms with Crippen molar-refractivity contribution in [3.63, 3.8) is 0 Å². The van der Waals surface area contributed by atoms with Crippen molar-refractivity contribution >= 4 is 34.6 Å². The lowest BCUT2D eigenvalue weighted by Crippen LogP contribution is -2.38. The number of hydrogen-bond donors (Lipinski definition) is 2. The molecule has 1 aromatic heterocycles. The minimum atomic E-state index is -0.0378. The number of rotatable bonds is 5. The lowest BCUT2D eigenvalue weighted by atomic mass is 9.95. The van der Waals surface area contributed by atoms with Crippen LogP contribution in [0.3, 0.4) is 0 Å². The summed E-state index contributed by atoms with van der Waals surface area (Å²) in [5.41, 5.74) is 5.28. The number of para-hydroxylation sites is 3. The molecule has 0 saturated carbocycles. The Balaban J connectivity index is 1.27. The van der Waals surface area contributed by atoms with Crippen molar-refractivity contribution in [3.05, 3.63) is 78.4 Å². The molecule has 0 bridgehead atoms. The van der Waals surface area contributed by atoms with Crippen LogP contribution in [-0.2, 0) is 4.79 Å². The number of piperidine rings is 1. The first-order valence-electron chi connectivity index (χ1n) is 10.9. The molecule has 4 aromatic rings. The van der Waals surface area contributed by atoms with Crippen LogP contribution < -0.4 is 10.2 Å². The van der Waals surface area contributed by atoms with Crippen LogP contribution in [0.2, 0.25) is 0 Å². The number of carbonyl (C=O) groups excluding carboxylic acids is 2. The Kier molecular flexibility index (Phi) is 5.42. The summed E-state index contributed by atoms with van der Waals surface area (Å²) in [7, 11) is 0. The largest absolute Gasteiger partial charge is 0.371 e. The summed E-state index contributed by atoms with van der Waals surface area (Å²) in [4.78, 5) is 34.2. The predicted octanol–water partition coefficient (Wildman–Crippen LogP) is 4.90. The normalized spacial score (nSPS) is 14.4. The van der Waals surface area contributed by atoms with Gasteiger partial charge in [-0.15, -0.1) is 0 Å². The maximum atomic E-state index is 13.1. The number of anilines is 2. The van der Waals surface area contributed by atoms with Gasteiger partial charge in [-0.25, -0.2) is 4.98 Å². The second-order valence-corrected chi connectivity index (χ2v) is 8.11. The fraction of sp³-hybridized carbons (Fsp3) is 0.192. The predicted molar refractivity (Wildman–Crippen MR) is 127 cm³/mol. The van der Waals surface area contributed by atoms with E-state index in [9.17, 15) is 9.59 Å². The molecular formula is C26H24N4O2. The highest BCUT2D eigenvalue weighted by atomic mass is 16.1. The molecule has 3 aromatic carbocycles. The lowest BCUT2D eigenvalue weighted by molar-refractivity contribution is -0.120. The Labute approximate surface area is 186 Å². The van der Waals surface area contributed by atoms with E-state index in [1.165, 1.54) is 0 Å². The summed E-state index contributed by atoms with van der Waals surface area (Å²) < 4.78 is 0. The molecule has 0 unspecified atom stereocenters. The maximum absolute atomic E-state index is 13.1. The molecular weight excluding hydrogens is 400 g/mol. The quantitative estimate of drug-likeness (QED) is 0.447. The summed E-state index contributed by atoms with van der Waals surface area (Å²) >= 11 is 0. The number of nitrogens with zero attached hydrogens (tertiary/aromatic N) is 2. The third-order valence-electron chi connectivity index (χ3n) is 6.09. The number of hydrogen-bond acceptors (Lipinski definition) is 4. The minimum Gasteiger partial charge on any atom is -0.371 e. The molecule has 1 amide bonds. The smallest absolute Gasteiger partial charge is 0.227 e. The zero-order valence-electron chi connectivity index (χ0n) is 17.6. The van der Waals surface area contributed by atoms with Gasteiger partial charge in [-0.2, -0.15) is 0 Å². The van der Waals surface area contributed by atoms with E-state index in [1.54, 1.807) is 0 Å². The van der Waals surface area contributed by atoms with Crippen LogP contribution in [0.1, 0.15) is 23.2 Å². The second kappa shape index (κ2) is 8.67. The molecule has 1 aliphatic heterocycles. The Morgan fingerprint density at radius 1 is 0.969 bits per heavy atom. The Bertz CT molecular complexity index is 1220. The van der Waals surface area contributed by atoms with Gasteiger partial charge in [-0.3, -0.25) is 9.59 Å². The summed E-state index contributed by atoms with van der Waals surface area (Å²) in [6, 6.07) is 23.3. The van der Waals surface area contributed by atoms with Gasteiger partial charge < -0.3 is 15.2 Å². The van der Waals surface area contributed by atoms with E-state index in [2.05, 4.69) is 20.2 Å². The van der Waals surface area contributed by atoms with Crippen LogP contribution in [-0.4, -0.2) is 35.3 Å². The molecule has 6 nitrogen and oxygen atoms in total. The van der Waals surface area contributed by atoms with Crippen molar-refractivity contribution in [1.29, 1.82) is 0 Å². The van der Waals surface area contributed by atoms with Crippen molar-refractivity contribution in [2.45, 2.75) is 12.8 Å². The van der Waals surface area contributed by atoms with Gasteiger partial charge in [0, 0.05) is 35.8 Å². The van der Waals surface area contributed by atoms with Crippen molar-refractivity contribution in [1.82, 2.24) is 9.97 Å². The van der Waals surface area contributed by atoms with Gasteiger partial charge in [0.05, 0.1) is 16.7 Å². The van der Waals surface area contributed by atoms with Gasteiger partial charge in [0.1, 0.15) is 12.1 Å². The molecule has 2 heterocycles. The highest BCUT2D eigenvalue weighted by Gasteiger charge is 2.26. The molecule has 160 valence electrons. The van der Waals surface area contributed by atoms with E-state index in [0.717, 1.165) is 66.0 Å². The van der Waals surface area contributed by atoms with Crippen LogP contribution >= 0.6 is 0 Å². The van der Waals surface area contributed by atoms with E-state index in [0.29, 0.717) is 5.56 Å². The van der Waals surface area contributed by atoms with E-state index < -0.39 is 0 Å². The van der Waals surface area contributed by atoms with E-state index >= 15 is 0 Å². The second-order valence-electron chi connectivity index (χ2n) is 8.11. The zero-order chi connectivity index (χ0) is 21.9. The molecule has 5 rings (SSSR count). The molecule has 1 aliphatic rings. The van der Waals surface area contributed by atoms with E-state index in [1.807, 2.05) is 72.8 Å².